The van der Waals surface area contributed by atoms with Crippen LogP contribution in [0.3, 0.4) is 0 Å². The topological polar surface area (TPSA) is 59.4 Å². The maximum atomic E-state index is 12.5. The number of nitrogens with zero attached hydrogens (tertiary/aromatic N) is 3. The molecule has 6 heteroatoms. The van der Waals surface area contributed by atoms with Gasteiger partial charge in [-0.1, -0.05) is 13.3 Å². The van der Waals surface area contributed by atoms with E-state index in [9.17, 15) is 4.79 Å². The van der Waals surface area contributed by atoms with Crippen LogP contribution >= 0.6 is 0 Å². The van der Waals surface area contributed by atoms with Crippen LogP contribution in [0.1, 0.15) is 51.1 Å². The van der Waals surface area contributed by atoms with Gasteiger partial charge in [0, 0.05) is 25.6 Å². The Morgan fingerprint density at radius 3 is 2.95 bits per heavy atom. The van der Waals surface area contributed by atoms with E-state index in [-0.39, 0.29) is 11.6 Å². The van der Waals surface area contributed by atoms with Gasteiger partial charge in [-0.25, -0.2) is 4.79 Å². The zero-order valence-electron chi connectivity index (χ0n) is 13.8. The molecule has 2 amide bonds. The Bertz CT molecular complexity index is 552. The minimum atomic E-state index is -0.237. The summed E-state index contributed by atoms with van der Waals surface area (Å²) in [4.78, 5) is 14.3. The molecule has 1 atom stereocenters. The predicted molar refractivity (Wildman–Crippen MR) is 85.0 cm³/mol. The number of hydrogen-bond donors (Lipinski definition) is 1. The number of anilines is 1. The number of nitrogens with one attached hydrogen (secondary N) is 1. The van der Waals surface area contributed by atoms with Gasteiger partial charge >= 0.3 is 6.03 Å². The average Bonchev–Trinajstić information content (AvgIpc) is 2.77. The van der Waals surface area contributed by atoms with Crippen LogP contribution in [0.2, 0.25) is 0 Å². The summed E-state index contributed by atoms with van der Waals surface area (Å²) < 4.78 is 7.56. The molecule has 1 saturated heterocycles. The smallest absolute Gasteiger partial charge is 0.323 e. The molecule has 0 bridgehead atoms. The van der Waals surface area contributed by atoms with Crippen LogP contribution < -0.4 is 5.32 Å². The van der Waals surface area contributed by atoms with Gasteiger partial charge in [0.05, 0.1) is 24.4 Å². The summed E-state index contributed by atoms with van der Waals surface area (Å²) in [5.41, 5.74) is 0.864. The largest absolute Gasteiger partial charge is 0.372 e. The molecule has 0 spiro atoms. The molecule has 0 radical (unpaired) electrons. The monoisotopic (exact) mass is 306 g/mol. The van der Waals surface area contributed by atoms with Crippen molar-refractivity contribution in [3.63, 3.8) is 0 Å². The van der Waals surface area contributed by atoms with Crippen LogP contribution in [0.5, 0.6) is 0 Å². The Hall–Kier alpha value is -1.56. The van der Waals surface area contributed by atoms with Gasteiger partial charge in [0.15, 0.2) is 0 Å². The predicted octanol–water partition coefficient (Wildman–Crippen LogP) is 2.72. The summed E-state index contributed by atoms with van der Waals surface area (Å²) in [6.07, 6.45) is 4.60. The number of amides is 2. The lowest BCUT2D eigenvalue weighted by atomic mass is 9.83. The molecule has 122 valence electrons. The van der Waals surface area contributed by atoms with Gasteiger partial charge < -0.3 is 9.64 Å². The van der Waals surface area contributed by atoms with Gasteiger partial charge in [-0.15, -0.1) is 0 Å². The van der Waals surface area contributed by atoms with Crippen molar-refractivity contribution in [3.05, 3.63) is 11.8 Å². The Balaban J connectivity index is 1.65. The Labute approximate surface area is 131 Å². The first-order valence-electron chi connectivity index (χ1n) is 8.24. The number of ether oxygens (including phenoxy) is 1. The van der Waals surface area contributed by atoms with E-state index in [0.29, 0.717) is 25.6 Å². The van der Waals surface area contributed by atoms with E-state index in [1.807, 2.05) is 18.0 Å². The van der Waals surface area contributed by atoms with Gasteiger partial charge in [0.1, 0.15) is 5.82 Å². The summed E-state index contributed by atoms with van der Waals surface area (Å²) >= 11 is 0. The van der Waals surface area contributed by atoms with Crippen molar-refractivity contribution in [2.75, 3.05) is 25.0 Å². The van der Waals surface area contributed by atoms with Crippen molar-refractivity contribution in [1.82, 2.24) is 14.7 Å². The van der Waals surface area contributed by atoms with Crippen molar-refractivity contribution in [3.8, 4) is 0 Å². The molecular formula is C16H26N4O2. The zero-order chi connectivity index (χ0) is 15.7. The van der Waals surface area contributed by atoms with Crippen molar-refractivity contribution in [1.29, 1.82) is 0 Å². The third-order valence-electron chi connectivity index (χ3n) is 5.03. The van der Waals surface area contributed by atoms with Gasteiger partial charge in [-0.3, -0.25) is 10.00 Å². The second-order valence-electron chi connectivity index (χ2n) is 6.71. The molecule has 0 unspecified atom stereocenters. The molecule has 2 fully saturated rings. The quantitative estimate of drug-likeness (QED) is 0.934. The van der Waals surface area contributed by atoms with Gasteiger partial charge in [0.2, 0.25) is 0 Å². The molecule has 1 aliphatic carbocycles. The number of rotatable bonds is 3. The molecule has 1 aromatic heterocycles. The summed E-state index contributed by atoms with van der Waals surface area (Å²) in [6.45, 7) is 6.01. The van der Waals surface area contributed by atoms with Gasteiger partial charge in [0.25, 0.3) is 0 Å². The molecule has 0 aromatic carbocycles. The highest BCUT2D eigenvalue weighted by molar-refractivity contribution is 5.88. The highest BCUT2D eigenvalue weighted by Gasteiger charge is 2.33. The van der Waals surface area contributed by atoms with Crippen LogP contribution in [0.15, 0.2) is 6.07 Å². The number of aromatic nitrogens is 2. The molecule has 1 aromatic rings. The maximum absolute atomic E-state index is 12.5. The molecule has 2 aliphatic rings. The molecular weight excluding hydrogens is 280 g/mol. The first-order valence-corrected chi connectivity index (χ1v) is 8.24. The van der Waals surface area contributed by atoms with Crippen molar-refractivity contribution < 1.29 is 9.53 Å². The second kappa shape index (κ2) is 5.91. The summed E-state index contributed by atoms with van der Waals surface area (Å²) in [7, 11) is 1.88. The van der Waals surface area contributed by atoms with E-state index in [4.69, 9.17) is 4.74 Å². The van der Waals surface area contributed by atoms with E-state index in [2.05, 4.69) is 24.3 Å². The lowest BCUT2D eigenvalue weighted by molar-refractivity contribution is -0.0860. The molecule has 2 heterocycles. The summed E-state index contributed by atoms with van der Waals surface area (Å²) in [5.74, 6) is 1.35. The SMILES string of the molecule is CC[C@@]1(C)CN(C(=O)Nc2cc(C3CCC3)nn2C)CCO1. The Morgan fingerprint density at radius 2 is 2.32 bits per heavy atom. The number of urea groups is 1. The van der Waals surface area contributed by atoms with Crippen LogP contribution in [0.25, 0.3) is 0 Å². The Kier molecular flexibility index (Phi) is 4.12. The van der Waals surface area contributed by atoms with E-state index in [1.54, 1.807) is 4.68 Å². The van der Waals surface area contributed by atoms with Gasteiger partial charge in [-0.05, 0) is 26.2 Å². The Morgan fingerprint density at radius 1 is 1.55 bits per heavy atom. The summed E-state index contributed by atoms with van der Waals surface area (Å²) in [5, 5.41) is 7.53. The van der Waals surface area contributed by atoms with Crippen LogP contribution in [-0.4, -0.2) is 46.0 Å². The fourth-order valence-electron chi connectivity index (χ4n) is 3.02. The van der Waals surface area contributed by atoms with Crippen molar-refractivity contribution in [2.24, 2.45) is 7.05 Å². The number of carbonyl (C=O) groups excluding carboxylic acids is 1. The maximum Gasteiger partial charge on any atom is 0.323 e. The van der Waals surface area contributed by atoms with Crippen LogP contribution in [0, 0.1) is 0 Å². The van der Waals surface area contributed by atoms with E-state index >= 15 is 0 Å². The van der Waals surface area contributed by atoms with Gasteiger partial charge in [-0.2, -0.15) is 5.10 Å². The third-order valence-corrected chi connectivity index (χ3v) is 5.03. The van der Waals surface area contributed by atoms with Crippen LogP contribution in [0.4, 0.5) is 10.6 Å². The third kappa shape index (κ3) is 2.97. The molecule has 22 heavy (non-hydrogen) atoms. The minimum absolute atomic E-state index is 0.0638. The van der Waals surface area contributed by atoms with E-state index in [0.717, 1.165) is 17.9 Å². The molecule has 1 N–H and O–H groups in total. The van der Waals surface area contributed by atoms with Crippen molar-refractivity contribution in [2.45, 2.75) is 51.0 Å². The fraction of sp³-hybridized carbons (Fsp3) is 0.750. The number of morpholine rings is 1. The van der Waals surface area contributed by atoms with Crippen molar-refractivity contribution >= 4 is 11.8 Å². The highest BCUT2D eigenvalue weighted by atomic mass is 16.5. The fourth-order valence-corrected chi connectivity index (χ4v) is 3.02. The average molecular weight is 306 g/mol. The normalized spacial score (nSPS) is 25.9. The lowest BCUT2D eigenvalue weighted by Gasteiger charge is -2.39. The first-order chi connectivity index (χ1) is 10.5. The molecule has 1 aliphatic heterocycles. The van der Waals surface area contributed by atoms with Crippen LogP contribution in [-0.2, 0) is 11.8 Å². The number of carbonyl (C=O) groups is 1. The highest BCUT2D eigenvalue weighted by Crippen LogP contribution is 2.36. The van der Waals surface area contributed by atoms with E-state index < -0.39 is 0 Å². The second-order valence-corrected chi connectivity index (χ2v) is 6.71. The minimum Gasteiger partial charge on any atom is -0.372 e. The lowest BCUT2D eigenvalue weighted by Crippen LogP contribution is -2.53. The summed E-state index contributed by atoms with van der Waals surface area (Å²) in [6, 6.07) is 1.95. The standard InChI is InChI=1S/C16H26N4O2/c1-4-16(2)11-20(8-9-22-16)15(21)17-14-10-13(18-19(14)3)12-6-5-7-12/h10,12H,4-9,11H2,1-3H3,(H,17,21)/t16-/m0/s1. The molecule has 3 rings (SSSR count). The first kappa shape index (κ1) is 15.3. The zero-order valence-corrected chi connectivity index (χ0v) is 13.8. The number of hydrogen-bond acceptors (Lipinski definition) is 3. The molecule has 6 nitrogen and oxygen atoms in total. The molecule has 1 saturated carbocycles. The van der Waals surface area contributed by atoms with E-state index in [1.165, 1.54) is 19.3 Å². The number of aryl methyl sites for hydroxylation is 1.